The van der Waals surface area contributed by atoms with Gasteiger partial charge in [0, 0.05) is 19.6 Å². The average Bonchev–Trinajstić information content (AvgIpc) is 3.75. The van der Waals surface area contributed by atoms with Crippen molar-refractivity contribution in [1.29, 1.82) is 0 Å². The first-order valence-electron chi connectivity index (χ1n) is 18.2. The fourth-order valence-corrected chi connectivity index (χ4v) is 7.16. The highest BCUT2D eigenvalue weighted by atomic mass is 32.2. The molecule has 0 spiro atoms. The van der Waals surface area contributed by atoms with Crippen LogP contribution in [0.5, 0.6) is 0 Å². The Morgan fingerprint density at radius 2 is 1.60 bits per heavy atom. The van der Waals surface area contributed by atoms with Crippen LogP contribution in [0.1, 0.15) is 41.6 Å². The molecule has 2 heterocycles. The van der Waals surface area contributed by atoms with Crippen LogP contribution in [0.2, 0.25) is 0 Å². The van der Waals surface area contributed by atoms with Gasteiger partial charge in [0.1, 0.15) is 21.4 Å². The van der Waals surface area contributed by atoms with E-state index in [0.717, 1.165) is 29.7 Å². The largest absolute Gasteiger partial charge is 0.744 e. The third-order valence-corrected chi connectivity index (χ3v) is 10.3. The van der Waals surface area contributed by atoms with E-state index in [9.17, 15) is 40.5 Å². The molecule has 58 heavy (non-hydrogen) atoms. The Labute approximate surface area is 333 Å². The fraction of sp³-hybridized carbons (Fsp3) is 0.325. The van der Waals surface area contributed by atoms with E-state index in [-0.39, 0.29) is 39.7 Å². The van der Waals surface area contributed by atoms with Crippen molar-refractivity contribution in [3.8, 4) is 22.8 Å². The summed E-state index contributed by atoms with van der Waals surface area (Å²) in [6.45, 7) is 8.16. The summed E-state index contributed by atoms with van der Waals surface area (Å²) < 4.78 is 76.2. The number of likely N-dealkylation sites (N-methyl/N-ethyl adjacent to an activating group) is 1. The van der Waals surface area contributed by atoms with Crippen LogP contribution in [-0.2, 0) is 28.1 Å². The van der Waals surface area contributed by atoms with Crippen LogP contribution < -0.4 is 16.2 Å². The molecule has 14 nitrogen and oxygen atoms in total. The maximum atomic E-state index is 14.1. The molecule has 1 saturated carbocycles. The number of quaternary nitrogens is 1. The Hall–Kier alpha value is -6.03. The van der Waals surface area contributed by atoms with E-state index >= 15 is 0 Å². The van der Waals surface area contributed by atoms with E-state index in [0.29, 0.717) is 47.5 Å². The van der Waals surface area contributed by atoms with Gasteiger partial charge in [-0.3, -0.25) is 19.1 Å². The summed E-state index contributed by atoms with van der Waals surface area (Å²) in [4.78, 5) is 43.6. The lowest BCUT2D eigenvalue weighted by Crippen LogP contribution is -2.46. The normalized spacial score (nSPS) is 15.8. The quantitative estimate of drug-likeness (QED) is 0.110. The van der Waals surface area contributed by atoms with Crippen molar-refractivity contribution in [3.63, 3.8) is 0 Å². The Morgan fingerprint density at radius 1 is 0.948 bits per heavy atom. The number of alkyl halides is 3. The second-order valence-electron chi connectivity index (χ2n) is 14.9. The van der Waals surface area contributed by atoms with Crippen molar-refractivity contribution in [2.75, 3.05) is 34.2 Å². The lowest BCUT2D eigenvalue weighted by atomic mass is 9.86. The zero-order chi connectivity index (χ0) is 42.4. The molecule has 0 atom stereocenters. The SMILES string of the molecule is O=S(=O)([O-])c1ccccc1.[C-]#[N+]c1ccc(-n2nccc2-c2c(C(=O)NC3CCC(CNC(=O)C[N+](C)(C)C)CC3)c(=O)n(-c3cccc(C(F)(F)F)c3)n2C)cc1. The maximum absolute atomic E-state index is 14.1. The van der Waals surface area contributed by atoms with Crippen LogP contribution in [-0.4, -0.2) is 88.7 Å². The molecular formula is C40H43F3N8O6S. The summed E-state index contributed by atoms with van der Waals surface area (Å²) in [5.41, 5.74) is -0.520. The molecule has 2 amide bonds. The molecule has 306 valence electrons. The Bertz CT molecular complexity index is 2460. The topological polar surface area (TPSA) is 165 Å². The van der Waals surface area contributed by atoms with Crippen LogP contribution >= 0.6 is 0 Å². The number of hydrogen-bond acceptors (Lipinski definition) is 7. The molecule has 3 aromatic carbocycles. The minimum absolute atomic E-state index is 0.0202. The van der Waals surface area contributed by atoms with Crippen LogP contribution in [0.15, 0.2) is 101 Å². The van der Waals surface area contributed by atoms with Gasteiger partial charge in [-0.1, -0.05) is 36.4 Å². The number of carbonyl (C=O) groups excluding carboxylic acids is 2. The third-order valence-electron chi connectivity index (χ3n) is 9.44. The zero-order valence-electron chi connectivity index (χ0n) is 32.2. The summed E-state index contributed by atoms with van der Waals surface area (Å²) >= 11 is 0. The summed E-state index contributed by atoms with van der Waals surface area (Å²) in [5.74, 6) is -0.413. The Balaban J connectivity index is 0.000000559. The molecule has 18 heteroatoms. The summed E-state index contributed by atoms with van der Waals surface area (Å²) in [6, 6.07) is 19.5. The standard InChI is InChI=1S/C34H37F3N8O3.C6H6O3S/c1-38-24-13-15-26(16-14-24)43-28(17-18-40-43)31-30(33(48)44(42(31)2)27-8-6-7-23(19-27)34(35,36)37)32(47)41-25-11-9-22(10-12-25)20-39-29(46)21-45(3,4)5;7-10(8,9)6-4-2-1-3-5-6/h6-8,13-19,22,25H,9-12,20-21H2,2-5H3,(H-,39,41,46,47);1-5H,(H,7,8,9). The smallest absolute Gasteiger partial charge is 0.416 e. The molecule has 0 bridgehead atoms. The summed E-state index contributed by atoms with van der Waals surface area (Å²) in [5, 5.41) is 10.4. The van der Waals surface area contributed by atoms with Gasteiger partial charge >= 0.3 is 6.18 Å². The molecular weight excluding hydrogens is 778 g/mol. The zero-order valence-corrected chi connectivity index (χ0v) is 33.0. The van der Waals surface area contributed by atoms with Gasteiger partial charge in [0.15, 0.2) is 12.2 Å². The first-order valence-corrected chi connectivity index (χ1v) is 19.6. The molecule has 5 aromatic rings. The van der Waals surface area contributed by atoms with Gasteiger partial charge < -0.3 is 19.7 Å². The van der Waals surface area contributed by atoms with Crippen molar-refractivity contribution in [2.24, 2.45) is 13.0 Å². The van der Waals surface area contributed by atoms with Crippen LogP contribution in [0, 0.1) is 12.5 Å². The number of rotatable bonds is 10. The van der Waals surface area contributed by atoms with E-state index in [2.05, 4.69) is 20.6 Å². The fourth-order valence-electron chi connectivity index (χ4n) is 6.67. The van der Waals surface area contributed by atoms with Gasteiger partial charge in [-0.05, 0) is 80.1 Å². The van der Waals surface area contributed by atoms with Gasteiger partial charge in [0.05, 0.1) is 61.4 Å². The number of amides is 2. The van der Waals surface area contributed by atoms with E-state index in [1.165, 1.54) is 59.0 Å². The number of hydrogen-bond donors (Lipinski definition) is 2. The van der Waals surface area contributed by atoms with Crippen molar-refractivity contribution >= 4 is 27.6 Å². The maximum Gasteiger partial charge on any atom is 0.416 e. The molecule has 1 aliphatic carbocycles. The van der Waals surface area contributed by atoms with Gasteiger partial charge in [0.2, 0.25) is 0 Å². The summed E-state index contributed by atoms with van der Waals surface area (Å²) in [6.07, 6.45) is -0.351. The summed E-state index contributed by atoms with van der Waals surface area (Å²) in [7, 11) is 3.09. The van der Waals surface area contributed by atoms with Gasteiger partial charge in [-0.2, -0.15) is 18.3 Å². The molecule has 2 N–H and O–H groups in total. The molecule has 1 aliphatic rings. The third kappa shape index (κ3) is 10.7. The van der Waals surface area contributed by atoms with Crippen LogP contribution in [0.4, 0.5) is 18.9 Å². The first-order chi connectivity index (χ1) is 27.3. The average molecular weight is 821 g/mol. The van der Waals surface area contributed by atoms with Crippen molar-refractivity contribution in [1.82, 2.24) is 29.8 Å². The minimum atomic E-state index is -4.64. The van der Waals surface area contributed by atoms with Gasteiger partial charge in [-0.25, -0.2) is 22.6 Å². The van der Waals surface area contributed by atoms with Crippen molar-refractivity contribution < 1.29 is 40.2 Å². The lowest BCUT2D eigenvalue weighted by molar-refractivity contribution is -0.862. The van der Waals surface area contributed by atoms with Crippen LogP contribution in [0.25, 0.3) is 27.6 Å². The monoisotopic (exact) mass is 820 g/mol. The Morgan fingerprint density at radius 3 is 2.17 bits per heavy atom. The number of nitrogens with one attached hydrogen (secondary N) is 2. The molecule has 0 saturated heterocycles. The molecule has 6 rings (SSSR count). The van der Waals surface area contributed by atoms with E-state index in [4.69, 9.17) is 6.57 Å². The minimum Gasteiger partial charge on any atom is -0.744 e. The highest BCUT2D eigenvalue weighted by Gasteiger charge is 2.33. The van der Waals surface area contributed by atoms with Crippen LogP contribution in [0.3, 0.4) is 0 Å². The molecule has 0 unspecified atom stereocenters. The lowest BCUT2D eigenvalue weighted by Gasteiger charge is -2.29. The molecule has 0 aliphatic heterocycles. The molecule has 2 aromatic heterocycles. The predicted octanol–water partition coefficient (Wildman–Crippen LogP) is 5.30. The molecule has 0 radical (unpaired) electrons. The van der Waals surface area contributed by atoms with Crippen molar-refractivity contribution in [3.05, 3.63) is 124 Å². The van der Waals surface area contributed by atoms with Crippen molar-refractivity contribution in [2.45, 2.75) is 42.8 Å². The first kappa shape index (κ1) is 43.1. The van der Waals surface area contributed by atoms with E-state index in [1.807, 2.05) is 21.1 Å². The number of benzene rings is 3. The number of aromatic nitrogens is 4. The van der Waals surface area contributed by atoms with Gasteiger partial charge in [-0.15, -0.1) is 0 Å². The van der Waals surface area contributed by atoms with Gasteiger partial charge in [0.25, 0.3) is 17.4 Å². The number of nitrogens with zero attached hydrogens (tertiary/aromatic N) is 6. The van der Waals surface area contributed by atoms with E-state index in [1.54, 1.807) is 36.4 Å². The number of carbonyl (C=O) groups is 2. The Kier molecular flexibility index (Phi) is 13.1. The number of halogens is 3. The predicted molar refractivity (Wildman–Crippen MR) is 208 cm³/mol. The second kappa shape index (κ2) is 17.6. The highest BCUT2D eigenvalue weighted by molar-refractivity contribution is 7.85. The molecule has 1 fully saturated rings. The second-order valence-corrected chi connectivity index (χ2v) is 16.3. The van der Waals surface area contributed by atoms with E-state index < -0.39 is 33.3 Å². The highest BCUT2D eigenvalue weighted by Crippen LogP contribution is 2.32.